The Kier molecular flexibility index (Phi) is 3.32. The first kappa shape index (κ1) is 9.59. The van der Waals surface area contributed by atoms with Crippen LogP contribution in [0.15, 0.2) is 11.4 Å². The fraction of sp³-hybridized carbons (Fsp3) is 0.556. The molecule has 0 heterocycles. The monoisotopic (exact) mass is 178 g/mol. The summed E-state index contributed by atoms with van der Waals surface area (Å²) in [7, 11) is 0. The molecular weight excluding hydrogens is 164 g/mol. The molecular formula is C9H14N4. The van der Waals surface area contributed by atoms with Gasteiger partial charge in [-0.1, -0.05) is 12.8 Å². The largest absolute Gasteiger partial charge is 0.384 e. The summed E-state index contributed by atoms with van der Waals surface area (Å²) in [6.45, 7) is 0. The predicted octanol–water partition coefficient (Wildman–Crippen LogP) is 0.862. The van der Waals surface area contributed by atoms with E-state index in [9.17, 15) is 0 Å². The summed E-state index contributed by atoms with van der Waals surface area (Å²) in [5.74, 6) is 0.337. The fourth-order valence-electron chi connectivity index (χ4n) is 1.54. The summed E-state index contributed by atoms with van der Waals surface area (Å²) >= 11 is 0. The zero-order chi connectivity index (χ0) is 9.68. The summed E-state index contributed by atoms with van der Waals surface area (Å²) in [4.78, 5) is 0. The van der Waals surface area contributed by atoms with Gasteiger partial charge in [-0.05, 0) is 12.8 Å². The molecule has 0 aromatic heterocycles. The first-order valence-corrected chi connectivity index (χ1v) is 4.44. The van der Waals surface area contributed by atoms with Gasteiger partial charge in [0, 0.05) is 12.3 Å². The van der Waals surface area contributed by atoms with Gasteiger partial charge in [0.05, 0.1) is 0 Å². The molecule has 1 rings (SSSR count). The molecule has 70 valence electrons. The number of allylic oxidation sites excluding steroid dienone is 1. The topological polar surface area (TPSA) is 85.7 Å². The molecule has 0 radical (unpaired) electrons. The Bertz CT molecular complexity index is 255. The molecule has 0 aromatic rings. The molecule has 0 bridgehead atoms. The molecule has 1 aliphatic carbocycles. The zero-order valence-corrected chi connectivity index (χ0v) is 7.51. The summed E-state index contributed by atoms with van der Waals surface area (Å²) in [5, 5.41) is 18.6. The van der Waals surface area contributed by atoms with Crippen LogP contribution in [0.3, 0.4) is 0 Å². The highest BCUT2D eigenvalue weighted by Crippen LogP contribution is 2.18. The second kappa shape index (κ2) is 4.51. The van der Waals surface area contributed by atoms with Crippen molar-refractivity contribution in [3.05, 3.63) is 11.4 Å². The van der Waals surface area contributed by atoms with E-state index in [0.717, 1.165) is 19.1 Å². The molecule has 0 aromatic carbocycles. The zero-order valence-electron chi connectivity index (χ0n) is 7.51. The van der Waals surface area contributed by atoms with Crippen LogP contribution in [-0.4, -0.2) is 12.3 Å². The standard InChI is InChI=1S/C9H14N4/c10-5-7(6-11)9(12)13-8-3-1-2-4-8/h5,8,10,13H,1-4,12H2/b9-7+,10-5?. The SMILES string of the molecule is N#C/C(C=N)=C(\N)NC1CCCC1. The van der Waals surface area contributed by atoms with Gasteiger partial charge in [-0.25, -0.2) is 0 Å². The second-order valence-electron chi connectivity index (χ2n) is 3.21. The Hall–Kier alpha value is -1.50. The number of hydrogen-bond donors (Lipinski definition) is 3. The Morgan fingerprint density at radius 1 is 1.54 bits per heavy atom. The van der Waals surface area contributed by atoms with Gasteiger partial charge in [0.25, 0.3) is 0 Å². The van der Waals surface area contributed by atoms with Crippen LogP contribution in [0.5, 0.6) is 0 Å². The van der Waals surface area contributed by atoms with Crippen LogP contribution in [0.2, 0.25) is 0 Å². The average molecular weight is 178 g/mol. The van der Waals surface area contributed by atoms with E-state index in [2.05, 4.69) is 5.32 Å². The lowest BCUT2D eigenvalue weighted by molar-refractivity contribution is 0.579. The molecule has 0 atom stereocenters. The number of rotatable bonds is 3. The smallest absolute Gasteiger partial charge is 0.116 e. The maximum absolute atomic E-state index is 8.59. The van der Waals surface area contributed by atoms with E-state index in [1.165, 1.54) is 12.8 Å². The molecule has 1 fully saturated rings. The van der Waals surface area contributed by atoms with Crippen molar-refractivity contribution in [2.75, 3.05) is 0 Å². The molecule has 4 N–H and O–H groups in total. The van der Waals surface area contributed by atoms with Gasteiger partial charge in [0.1, 0.15) is 17.5 Å². The summed E-state index contributed by atoms with van der Waals surface area (Å²) in [5.41, 5.74) is 5.83. The summed E-state index contributed by atoms with van der Waals surface area (Å²) < 4.78 is 0. The van der Waals surface area contributed by atoms with Gasteiger partial charge in [0.15, 0.2) is 0 Å². The number of nitrogens with zero attached hydrogens (tertiary/aromatic N) is 1. The lowest BCUT2D eigenvalue weighted by Crippen LogP contribution is -2.31. The van der Waals surface area contributed by atoms with Crippen molar-refractivity contribution in [1.82, 2.24) is 5.32 Å². The van der Waals surface area contributed by atoms with Crippen molar-refractivity contribution < 1.29 is 0 Å². The van der Waals surface area contributed by atoms with Crippen LogP contribution in [0, 0.1) is 16.7 Å². The molecule has 0 aliphatic heterocycles. The van der Waals surface area contributed by atoms with Gasteiger partial charge in [-0.15, -0.1) is 0 Å². The van der Waals surface area contributed by atoms with E-state index in [4.69, 9.17) is 16.4 Å². The summed E-state index contributed by atoms with van der Waals surface area (Å²) in [6.07, 6.45) is 5.64. The highest BCUT2D eigenvalue weighted by molar-refractivity contribution is 5.81. The second-order valence-corrected chi connectivity index (χ2v) is 3.21. The lowest BCUT2D eigenvalue weighted by atomic mass is 10.2. The van der Waals surface area contributed by atoms with E-state index >= 15 is 0 Å². The van der Waals surface area contributed by atoms with Gasteiger partial charge < -0.3 is 16.5 Å². The normalized spacial score (nSPS) is 19.0. The molecule has 0 saturated heterocycles. The van der Waals surface area contributed by atoms with Crippen molar-refractivity contribution >= 4 is 6.21 Å². The van der Waals surface area contributed by atoms with Gasteiger partial charge in [0.2, 0.25) is 0 Å². The molecule has 0 amide bonds. The minimum absolute atomic E-state index is 0.215. The van der Waals surface area contributed by atoms with E-state index in [1.54, 1.807) is 0 Å². The van der Waals surface area contributed by atoms with E-state index < -0.39 is 0 Å². The first-order chi connectivity index (χ1) is 6.27. The molecule has 0 spiro atoms. The first-order valence-electron chi connectivity index (χ1n) is 4.44. The van der Waals surface area contributed by atoms with Crippen molar-refractivity contribution in [1.29, 1.82) is 10.7 Å². The Morgan fingerprint density at radius 2 is 2.15 bits per heavy atom. The third-order valence-electron chi connectivity index (χ3n) is 2.27. The van der Waals surface area contributed by atoms with Crippen molar-refractivity contribution in [3.8, 4) is 6.07 Å². The van der Waals surface area contributed by atoms with E-state index in [-0.39, 0.29) is 5.57 Å². The number of hydrogen-bond acceptors (Lipinski definition) is 4. The maximum Gasteiger partial charge on any atom is 0.116 e. The van der Waals surface area contributed by atoms with Crippen LogP contribution in [0.4, 0.5) is 0 Å². The third kappa shape index (κ3) is 2.48. The third-order valence-corrected chi connectivity index (χ3v) is 2.27. The van der Waals surface area contributed by atoms with E-state index in [1.807, 2.05) is 6.07 Å². The predicted molar refractivity (Wildman–Crippen MR) is 51.0 cm³/mol. The number of nitriles is 1. The minimum atomic E-state index is 0.215. The quantitative estimate of drug-likeness (QED) is 0.442. The van der Waals surface area contributed by atoms with Crippen LogP contribution >= 0.6 is 0 Å². The van der Waals surface area contributed by atoms with Gasteiger partial charge in [-0.3, -0.25) is 0 Å². The lowest BCUT2D eigenvalue weighted by Gasteiger charge is -2.13. The van der Waals surface area contributed by atoms with E-state index in [0.29, 0.717) is 11.9 Å². The number of nitrogens with two attached hydrogens (primary N) is 1. The molecule has 4 nitrogen and oxygen atoms in total. The average Bonchev–Trinajstić information content (AvgIpc) is 2.59. The van der Waals surface area contributed by atoms with Crippen LogP contribution in [0.25, 0.3) is 0 Å². The Balaban J connectivity index is 2.56. The van der Waals surface area contributed by atoms with Crippen LogP contribution < -0.4 is 11.1 Å². The highest BCUT2D eigenvalue weighted by atomic mass is 15.0. The minimum Gasteiger partial charge on any atom is -0.384 e. The van der Waals surface area contributed by atoms with Gasteiger partial charge in [-0.2, -0.15) is 5.26 Å². The Morgan fingerprint density at radius 3 is 2.62 bits per heavy atom. The molecule has 0 unspecified atom stereocenters. The maximum atomic E-state index is 8.59. The van der Waals surface area contributed by atoms with Crippen molar-refractivity contribution in [3.63, 3.8) is 0 Å². The highest BCUT2D eigenvalue weighted by Gasteiger charge is 2.15. The molecule has 13 heavy (non-hydrogen) atoms. The van der Waals surface area contributed by atoms with Crippen molar-refractivity contribution in [2.24, 2.45) is 5.73 Å². The van der Waals surface area contributed by atoms with Gasteiger partial charge >= 0.3 is 0 Å². The molecule has 1 aliphatic rings. The fourth-order valence-corrected chi connectivity index (χ4v) is 1.54. The Labute approximate surface area is 77.9 Å². The van der Waals surface area contributed by atoms with Crippen LogP contribution in [-0.2, 0) is 0 Å². The van der Waals surface area contributed by atoms with Crippen LogP contribution in [0.1, 0.15) is 25.7 Å². The summed E-state index contributed by atoms with van der Waals surface area (Å²) in [6, 6.07) is 2.27. The molecule has 1 saturated carbocycles. The number of nitrogens with one attached hydrogen (secondary N) is 2. The van der Waals surface area contributed by atoms with Crippen molar-refractivity contribution in [2.45, 2.75) is 31.7 Å². The molecule has 4 heteroatoms.